The molecule has 0 aliphatic carbocycles. The third-order valence-corrected chi connectivity index (χ3v) is 5.83. The van der Waals surface area contributed by atoms with Crippen LogP contribution in [0.25, 0.3) is 10.8 Å². The molecule has 1 N–H and O–H groups in total. The highest BCUT2D eigenvalue weighted by Crippen LogP contribution is 2.15. The maximum atomic E-state index is 13.0. The Balaban J connectivity index is 1.44. The van der Waals surface area contributed by atoms with E-state index in [1.165, 1.54) is 0 Å². The number of likely N-dealkylation sites (N-methyl/N-ethyl adjacent to an activating group) is 1. The maximum Gasteiger partial charge on any atom is 0.269 e. The Morgan fingerprint density at radius 3 is 2.24 bits per heavy atom. The van der Waals surface area contributed by atoms with Gasteiger partial charge in [-0.15, -0.1) is 0 Å². The second-order valence-corrected chi connectivity index (χ2v) is 8.09. The number of benzene rings is 3. The van der Waals surface area contributed by atoms with Gasteiger partial charge in [0.05, 0.1) is 0 Å². The molecule has 0 unspecified atom stereocenters. The fourth-order valence-electron chi connectivity index (χ4n) is 3.92. The summed E-state index contributed by atoms with van der Waals surface area (Å²) < 4.78 is 0. The van der Waals surface area contributed by atoms with Gasteiger partial charge in [0.25, 0.3) is 11.8 Å². The highest BCUT2D eigenvalue weighted by atomic mass is 16.2. The van der Waals surface area contributed by atoms with Gasteiger partial charge in [0.1, 0.15) is 5.69 Å². The number of hydrogen-bond acceptors (Lipinski definition) is 3. The molecule has 0 radical (unpaired) electrons. The smallest absolute Gasteiger partial charge is 0.269 e. The summed E-state index contributed by atoms with van der Waals surface area (Å²) in [4.78, 5) is 31.8. The molecule has 5 heteroatoms. The van der Waals surface area contributed by atoms with Gasteiger partial charge in [-0.1, -0.05) is 72.8 Å². The van der Waals surface area contributed by atoms with Crippen molar-refractivity contribution in [2.75, 3.05) is 13.6 Å². The fraction of sp³-hybridized carbons (Fsp3) is 0.179. The van der Waals surface area contributed by atoms with E-state index in [1.54, 1.807) is 17.2 Å². The minimum atomic E-state index is -0.212. The molecule has 0 spiro atoms. The zero-order valence-electron chi connectivity index (χ0n) is 18.6. The third kappa shape index (κ3) is 5.63. The quantitative estimate of drug-likeness (QED) is 0.433. The molecule has 1 aromatic heterocycles. The molecule has 0 bridgehead atoms. The molecule has 1 heterocycles. The van der Waals surface area contributed by atoms with Crippen molar-refractivity contribution in [3.63, 3.8) is 0 Å². The predicted octanol–water partition coefficient (Wildman–Crippen LogP) is 4.74. The first-order valence-electron chi connectivity index (χ1n) is 11.1. The van der Waals surface area contributed by atoms with E-state index in [2.05, 4.69) is 22.4 Å². The average Bonchev–Trinajstić information content (AvgIpc) is 2.88. The van der Waals surface area contributed by atoms with Gasteiger partial charge in [-0.05, 0) is 42.0 Å². The van der Waals surface area contributed by atoms with E-state index in [4.69, 9.17) is 0 Å². The second-order valence-electron chi connectivity index (χ2n) is 8.09. The second kappa shape index (κ2) is 10.6. The molecule has 1 atom stereocenters. The Morgan fingerprint density at radius 2 is 1.52 bits per heavy atom. The molecule has 0 aliphatic heterocycles. The summed E-state index contributed by atoms with van der Waals surface area (Å²) in [5.41, 5.74) is 2.20. The van der Waals surface area contributed by atoms with Gasteiger partial charge in [-0.2, -0.15) is 0 Å². The largest absolute Gasteiger partial charge is 0.351 e. The first-order chi connectivity index (χ1) is 16.1. The van der Waals surface area contributed by atoms with E-state index in [9.17, 15) is 9.59 Å². The van der Waals surface area contributed by atoms with E-state index in [1.807, 2.05) is 79.8 Å². The van der Waals surface area contributed by atoms with Gasteiger partial charge in [0.2, 0.25) is 0 Å². The highest BCUT2D eigenvalue weighted by molar-refractivity contribution is 5.96. The van der Waals surface area contributed by atoms with Gasteiger partial charge < -0.3 is 10.2 Å². The topological polar surface area (TPSA) is 62.3 Å². The standard InChI is InChI=1S/C28H27N3O2/c1-31(28(33)22-12-6-3-7-13-22)25(18-21-10-4-2-5-11-21)16-17-29-27(32)26-19-23-14-8-9-15-24(23)20-30-26/h2-15,19-20,25H,16-18H2,1H3,(H,29,32)/t25-/m1/s1. The van der Waals surface area contributed by atoms with Crippen LogP contribution in [0.4, 0.5) is 0 Å². The molecule has 2 amide bonds. The van der Waals surface area contributed by atoms with Crippen molar-refractivity contribution in [2.45, 2.75) is 18.9 Å². The van der Waals surface area contributed by atoms with E-state index in [-0.39, 0.29) is 17.9 Å². The van der Waals surface area contributed by atoms with Crippen LogP contribution in [0.1, 0.15) is 32.8 Å². The number of aromatic nitrogens is 1. The maximum absolute atomic E-state index is 13.0. The number of carbonyl (C=O) groups is 2. The summed E-state index contributed by atoms with van der Waals surface area (Å²) in [6.45, 7) is 0.442. The molecule has 0 saturated carbocycles. The lowest BCUT2D eigenvalue weighted by Crippen LogP contribution is -2.41. The summed E-state index contributed by atoms with van der Waals surface area (Å²) in [6, 6.07) is 28.9. The molecule has 166 valence electrons. The van der Waals surface area contributed by atoms with E-state index >= 15 is 0 Å². The van der Waals surface area contributed by atoms with Crippen LogP contribution in [0.5, 0.6) is 0 Å². The molecule has 33 heavy (non-hydrogen) atoms. The van der Waals surface area contributed by atoms with Gasteiger partial charge >= 0.3 is 0 Å². The summed E-state index contributed by atoms with van der Waals surface area (Å²) in [5.74, 6) is -0.240. The van der Waals surface area contributed by atoms with Gasteiger partial charge in [-0.25, -0.2) is 0 Å². The van der Waals surface area contributed by atoms with Crippen molar-refractivity contribution < 1.29 is 9.59 Å². The molecule has 5 nitrogen and oxygen atoms in total. The summed E-state index contributed by atoms with van der Waals surface area (Å²) in [5, 5.41) is 4.95. The zero-order chi connectivity index (χ0) is 23.0. The lowest BCUT2D eigenvalue weighted by Gasteiger charge is -2.29. The lowest BCUT2D eigenvalue weighted by atomic mass is 10.0. The number of hydrogen-bond donors (Lipinski definition) is 1. The van der Waals surface area contributed by atoms with Crippen molar-refractivity contribution in [3.8, 4) is 0 Å². The molecule has 4 aromatic rings. The van der Waals surface area contributed by atoms with E-state index in [0.29, 0.717) is 30.6 Å². The Hall–Kier alpha value is -3.99. The molecule has 4 rings (SSSR count). The van der Waals surface area contributed by atoms with Crippen molar-refractivity contribution in [1.29, 1.82) is 0 Å². The molecular formula is C28H27N3O2. The zero-order valence-corrected chi connectivity index (χ0v) is 18.6. The number of nitrogens with zero attached hydrogens (tertiary/aromatic N) is 2. The van der Waals surface area contributed by atoms with Crippen molar-refractivity contribution in [1.82, 2.24) is 15.2 Å². The van der Waals surface area contributed by atoms with Crippen molar-refractivity contribution >= 4 is 22.6 Å². The number of carbonyl (C=O) groups excluding carboxylic acids is 2. The van der Waals surface area contributed by atoms with Crippen LogP contribution in [0.2, 0.25) is 0 Å². The molecule has 0 saturated heterocycles. The van der Waals surface area contributed by atoms with Crippen LogP contribution in [-0.2, 0) is 6.42 Å². The first kappa shape index (κ1) is 22.2. The Labute approximate surface area is 194 Å². The molecular weight excluding hydrogens is 410 g/mol. The van der Waals surface area contributed by atoms with E-state index < -0.39 is 0 Å². The monoisotopic (exact) mass is 437 g/mol. The SMILES string of the molecule is CN(C(=O)c1ccccc1)[C@H](CCNC(=O)c1cc2ccccc2cn1)Cc1ccccc1. The number of pyridine rings is 1. The van der Waals surface area contributed by atoms with Crippen molar-refractivity contribution in [2.24, 2.45) is 0 Å². The number of fused-ring (bicyclic) bond motifs is 1. The van der Waals surface area contributed by atoms with Crippen LogP contribution in [-0.4, -0.2) is 41.3 Å². The Bertz CT molecular complexity index is 1230. The Morgan fingerprint density at radius 1 is 0.879 bits per heavy atom. The van der Waals surface area contributed by atoms with Gasteiger partial charge in [0, 0.05) is 36.8 Å². The van der Waals surface area contributed by atoms with Crippen LogP contribution in [0.3, 0.4) is 0 Å². The summed E-state index contributed by atoms with van der Waals surface area (Å²) in [7, 11) is 1.83. The lowest BCUT2D eigenvalue weighted by molar-refractivity contribution is 0.0723. The van der Waals surface area contributed by atoms with Gasteiger partial charge in [-0.3, -0.25) is 14.6 Å². The summed E-state index contributed by atoms with van der Waals surface area (Å²) >= 11 is 0. The number of nitrogens with one attached hydrogen (secondary N) is 1. The fourth-order valence-corrected chi connectivity index (χ4v) is 3.92. The van der Waals surface area contributed by atoms with Gasteiger partial charge in [0.15, 0.2) is 0 Å². The molecule has 0 aliphatic rings. The van der Waals surface area contributed by atoms with Crippen LogP contribution in [0.15, 0.2) is 97.2 Å². The summed E-state index contributed by atoms with van der Waals surface area (Å²) in [6.07, 6.45) is 3.05. The normalized spacial score (nSPS) is 11.7. The van der Waals surface area contributed by atoms with Crippen molar-refractivity contribution in [3.05, 3.63) is 114 Å². The van der Waals surface area contributed by atoms with E-state index in [0.717, 1.165) is 16.3 Å². The minimum Gasteiger partial charge on any atom is -0.351 e. The average molecular weight is 438 g/mol. The minimum absolute atomic E-state index is 0.0287. The molecule has 0 fully saturated rings. The first-order valence-corrected chi connectivity index (χ1v) is 11.1. The van der Waals surface area contributed by atoms with Crippen LogP contribution in [0, 0.1) is 0 Å². The van der Waals surface area contributed by atoms with Crippen LogP contribution < -0.4 is 5.32 Å². The third-order valence-electron chi connectivity index (χ3n) is 5.83. The molecule has 3 aromatic carbocycles. The number of amides is 2. The Kier molecular flexibility index (Phi) is 7.10. The number of rotatable bonds is 8. The highest BCUT2D eigenvalue weighted by Gasteiger charge is 2.22. The predicted molar refractivity (Wildman–Crippen MR) is 131 cm³/mol. The van der Waals surface area contributed by atoms with Crippen LogP contribution >= 0.6 is 0 Å².